The van der Waals surface area contributed by atoms with Crippen LogP contribution in [-0.4, -0.2) is 30.8 Å². The van der Waals surface area contributed by atoms with Crippen LogP contribution >= 0.6 is 15.9 Å². The number of aromatic nitrogens is 1. The highest BCUT2D eigenvalue weighted by Gasteiger charge is 2.32. The van der Waals surface area contributed by atoms with Gasteiger partial charge in [0.15, 0.2) is 0 Å². The average molecular weight is 394 g/mol. The molecule has 0 atom stereocenters. The van der Waals surface area contributed by atoms with E-state index in [2.05, 4.69) is 20.9 Å². The van der Waals surface area contributed by atoms with Crippen LogP contribution in [0.1, 0.15) is 25.3 Å². The van der Waals surface area contributed by atoms with Gasteiger partial charge in [-0.1, -0.05) is 15.9 Å². The number of hydrogen-bond acceptors (Lipinski definition) is 4. The number of fused-ring (bicyclic) bond motifs is 1. The molecule has 1 aromatic carbocycles. The van der Waals surface area contributed by atoms with Gasteiger partial charge in [0.25, 0.3) is 5.56 Å². The Labute approximate surface area is 147 Å². The number of methoxy groups -OCH3 is 1. The van der Waals surface area contributed by atoms with Crippen molar-refractivity contribution in [3.63, 3.8) is 0 Å². The second-order valence-corrected chi connectivity index (χ2v) is 7.16. The summed E-state index contributed by atoms with van der Waals surface area (Å²) in [5.41, 5.74) is -0.152. The van der Waals surface area contributed by atoms with Crippen LogP contribution in [0.2, 0.25) is 0 Å². The number of nitriles is 1. The minimum Gasteiger partial charge on any atom is -0.378 e. The van der Waals surface area contributed by atoms with Gasteiger partial charge >= 0.3 is 0 Å². The maximum atomic E-state index is 14.3. The van der Waals surface area contributed by atoms with Crippen molar-refractivity contribution in [3.8, 4) is 6.07 Å². The first kappa shape index (κ1) is 16.9. The summed E-state index contributed by atoms with van der Waals surface area (Å²) in [4.78, 5) is 16.7. The lowest BCUT2D eigenvalue weighted by atomic mass is 9.92. The summed E-state index contributed by atoms with van der Waals surface area (Å²) < 4.78 is 20.4. The highest BCUT2D eigenvalue weighted by molar-refractivity contribution is 9.10. The molecule has 1 aliphatic heterocycles. The van der Waals surface area contributed by atoms with Gasteiger partial charge in [-0.3, -0.25) is 4.79 Å². The molecule has 1 aromatic heterocycles. The molecule has 0 saturated carbocycles. The predicted octanol–water partition coefficient (Wildman–Crippen LogP) is 3.31. The Morgan fingerprint density at radius 1 is 1.42 bits per heavy atom. The molecule has 2 aromatic rings. The monoisotopic (exact) mass is 393 g/mol. The molecule has 0 radical (unpaired) electrons. The fourth-order valence-corrected chi connectivity index (χ4v) is 3.58. The minimum absolute atomic E-state index is 0.0148. The third kappa shape index (κ3) is 2.80. The van der Waals surface area contributed by atoms with E-state index in [9.17, 15) is 14.4 Å². The molecule has 24 heavy (non-hydrogen) atoms. The maximum absolute atomic E-state index is 14.3. The molecule has 0 unspecified atom stereocenters. The third-order valence-electron chi connectivity index (χ3n) is 4.75. The fraction of sp³-hybridized carbons (Fsp3) is 0.412. The molecule has 1 aliphatic rings. The predicted molar refractivity (Wildman–Crippen MR) is 93.8 cm³/mol. The van der Waals surface area contributed by atoms with Gasteiger partial charge in [-0.05, 0) is 31.9 Å². The van der Waals surface area contributed by atoms with E-state index in [-0.39, 0.29) is 16.7 Å². The first-order chi connectivity index (χ1) is 11.4. The van der Waals surface area contributed by atoms with Crippen molar-refractivity contribution in [2.45, 2.75) is 25.4 Å². The van der Waals surface area contributed by atoms with Gasteiger partial charge < -0.3 is 14.6 Å². The first-order valence-electron chi connectivity index (χ1n) is 7.64. The Morgan fingerprint density at radius 2 is 2.08 bits per heavy atom. The number of rotatable bonds is 2. The summed E-state index contributed by atoms with van der Waals surface area (Å²) in [6.07, 6.45) is 1.53. The van der Waals surface area contributed by atoms with Crippen LogP contribution in [0.25, 0.3) is 10.9 Å². The summed E-state index contributed by atoms with van der Waals surface area (Å²) in [6.45, 7) is 3.30. The van der Waals surface area contributed by atoms with E-state index in [4.69, 9.17) is 4.74 Å². The lowest BCUT2D eigenvalue weighted by Crippen LogP contribution is -2.44. The second kappa shape index (κ2) is 6.19. The number of hydrogen-bond donors (Lipinski definition) is 1. The molecule has 2 heterocycles. The number of H-pyrrole nitrogens is 1. The van der Waals surface area contributed by atoms with Gasteiger partial charge in [0.2, 0.25) is 0 Å². The number of nitrogens with one attached hydrogen (secondary N) is 1. The zero-order valence-corrected chi connectivity index (χ0v) is 15.0. The van der Waals surface area contributed by atoms with E-state index >= 15 is 0 Å². The lowest BCUT2D eigenvalue weighted by molar-refractivity contribution is -0.0132. The molecule has 3 rings (SSSR count). The highest BCUT2D eigenvalue weighted by atomic mass is 79.9. The first-order valence-corrected chi connectivity index (χ1v) is 8.43. The number of piperidine rings is 1. The molecule has 0 spiro atoms. The van der Waals surface area contributed by atoms with Crippen molar-refractivity contribution in [2.75, 3.05) is 25.1 Å². The van der Waals surface area contributed by atoms with E-state index in [1.807, 2.05) is 17.9 Å². The summed E-state index contributed by atoms with van der Waals surface area (Å²) in [5.74, 6) is -0.527. The van der Waals surface area contributed by atoms with Crippen molar-refractivity contribution < 1.29 is 9.13 Å². The SMILES string of the molecule is COC1(C)CCN(c2c(C#N)c(=O)[nH]c3c(F)cc(Br)cc23)CC1. The Kier molecular flexibility index (Phi) is 4.37. The van der Waals surface area contributed by atoms with Crippen LogP contribution in [0, 0.1) is 17.1 Å². The Hall–Kier alpha value is -1.91. The molecule has 1 fully saturated rings. The minimum atomic E-state index is -0.568. The Balaban J connectivity index is 2.20. The molecule has 7 heteroatoms. The fourth-order valence-electron chi connectivity index (χ4n) is 3.15. The van der Waals surface area contributed by atoms with Gasteiger partial charge in [0, 0.05) is 30.1 Å². The van der Waals surface area contributed by atoms with E-state index in [0.717, 1.165) is 12.8 Å². The van der Waals surface area contributed by atoms with E-state index in [0.29, 0.717) is 28.6 Å². The zero-order valence-electron chi connectivity index (χ0n) is 13.4. The largest absolute Gasteiger partial charge is 0.378 e. The number of aromatic amines is 1. The molecular weight excluding hydrogens is 377 g/mol. The van der Waals surface area contributed by atoms with Gasteiger partial charge in [-0.25, -0.2) is 4.39 Å². The quantitative estimate of drug-likeness (QED) is 0.849. The summed E-state index contributed by atoms with van der Waals surface area (Å²) in [6, 6.07) is 5.00. The van der Waals surface area contributed by atoms with Crippen LogP contribution in [0.5, 0.6) is 0 Å². The van der Waals surface area contributed by atoms with Crippen molar-refractivity contribution in [3.05, 3.63) is 38.3 Å². The van der Waals surface area contributed by atoms with E-state index in [1.54, 1.807) is 13.2 Å². The molecule has 0 amide bonds. The summed E-state index contributed by atoms with van der Waals surface area (Å²) >= 11 is 3.28. The number of halogens is 2. The zero-order chi connectivity index (χ0) is 17.5. The van der Waals surface area contributed by atoms with Crippen molar-refractivity contribution in [1.82, 2.24) is 4.98 Å². The number of anilines is 1. The van der Waals surface area contributed by atoms with Crippen LogP contribution in [0.3, 0.4) is 0 Å². The normalized spacial score (nSPS) is 17.0. The molecule has 0 aliphatic carbocycles. The summed E-state index contributed by atoms with van der Waals surface area (Å²) in [5, 5.41) is 9.98. The topological polar surface area (TPSA) is 69.1 Å². The lowest BCUT2D eigenvalue weighted by Gasteiger charge is -2.40. The van der Waals surface area contributed by atoms with Crippen molar-refractivity contribution >= 4 is 32.5 Å². The second-order valence-electron chi connectivity index (χ2n) is 6.24. The molecule has 1 saturated heterocycles. The standard InChI is InChI=1S/C17H17BrFN3O2/c1-17(24-2)3-5-22(6-4-17)15-11-7-10(18)8-13(19)14(11)21-16(23)12(15)9-20/h7-8H,3-6H2,1-2H3,(H,21,23). The molecule has 5 nitrogen and oxygen atoms in total. The number of benzene rings is 1. The molecule has 1 N–H and O–H groups in total. The van der Waals surface area contributed by atoms with Crippen LogP contribution in [-0.2, 0) is 4.74 Å². The van der Waals surface area contributed by atoms with Gasteiger partial charge in [0.05, 0.1) is 16.8 Å². The van der Waals surface area contributed by atoms with Crippen molar-refractivity contribution in [1.29, 1.82) is 5.26 Å². The van der Waals surface area contributed by atoms with Crippen LogP contribution in [0.15, 0.2) is 21.4 Å². The Bertz CT molecular complexity index is 895. The van der Waals surface area contributed by atoms with Crippen LogP contribution < -0.4 is 10.5 Å². The number of ether oxygens (including phenoxy) is 1. The summed E-state index contributed by atoms with van der Waals surface area (Å²) in [7, 11) is 1.69. The van der Waals surface area contributed by atoms with Gasteiger partial charge in [0.1, 0.15) is 17.4 Å². The Morgan fingerprint density at radius 3 is 2.67 bits per heavy atom. The van der Waals surface area contributed by atoms with Crippen LogP contribution in [0.4, 0.5) is 10.1 Å². The van der Waals surface area contributed by atoms with E-state index < -0.39 is 11.4 Å². The average Bonchev–Trinajstić information content (AvgIpc) is 2.55. The third-order valence-corrected chi connectivity index (χ3v) is 5.21. The number of pyridine rings is 1. The van der Waals surface area contributed by atoms with Crippen molar-refractivity contribution in [2.24, 2.45) is 0 Å². The van der Waals surface area contributed by atoms with Gasteiger partial charge in [-0.15, -0.1) is 0 Å². The molecule has 0 bridgehead atoms. The number of nitrogens with zero attached hydrogens (tertiary/aromatic N) is 2. The smallest absolute Gasteiger partial charge is 0.268 e. The highest BCUT2D eigenvalue weighted by Crippen LogP contribution is 2.35. The maximum Gasteiger partial charge on any atom is 0.268 e. The van der Waals surface area contributed by atoms with Gasteiger partial charge in [-0.2, -0.15) is 5.26 Å². The molecule has 126 valence electrons. The van der Waals surface area contributed by atoms with E-state index in [1.165, 1.54) is 6.07 Å². The molecular formula is C17H17BrFN3O2.